The van der Waals surface area contributed by atoms with E-state index in [1.165, 1.54) is 7.11 Å². The largest absolute Gasteiger partial charge is 0.493 e. The van der Waals surface area contributed by atoms with E-state index in [-0.39, 0.29) is 6.54 Å². The molecule has 7 heteroatoms. The summed E-state index contributed by atoms with van der Waals surface area (Å²) in [5.74, 6) is 1.18. The van der Waals surface area contributed by atoms with Crippen LogP contribution < -0.4 is 10.1 Å². The molecule has 1 unspecified atom stereocenters. The molecule has 1 atom stereocenters. The summed E-state index contributed by atoms with van der Waals surface area (Å²) in [5, 5.41) is 13.3. The fraction of sp³-hybridized carbons (Fsp3) is 0.348. The van der Waals surface area contributed by atoms with Crippen molar-refractivity contribution in [2.45, 2.75) is 39.2 Å². The first-order valence-corrected chi connectivity index (χ1v) is 9.58. The van der Waals surface area contributed by atoms with Crippen molar-refractivity contribution in [2.75, 3.05) is 14.2 Å². The summed E-state index contributed by atoms with van der Waals surface area (Å²) in [7, 11) is 3.03. The number of carbonyl (C=O) groups is 1. The Morgan fingerprint density at radius 1 is 1.10 bits per heavy atom. The maximum Gasteiger partial charge on any atom is 0.408 e. The smallest absolute Gasteiger partial charge is 0.408 e. The quantitative estimate of drug-likeness (QED) is 0.566. The van der Waals surface area contributed by atoms with Crippen LogP contribution in [0.2, 0.25) is 0 Å². The van der Waals surface area contributed by atoms with Crippen LogP contribution >= 0.6 is 0 Å². The van der Waals surface area contributed by atoms with Gasteiger partial charge in [0.2, 0.25) is 0 Å². The first kappa shape index (κ1) is 21.7. The van der Waals surface area contributed by atoms with Gasteiger partial charge in [0.15, 0.2) is 17.6 Å². The van der Waals surface area contributed by atoms with E-state index in [9.17, 15) is 9.90 Å². The predicted molar refractivity (Wildman–Crippen MR) is 113 cm³/mol. The van der Waals surface area contributed by atoms with Gasteiger partial charge in [0.1, 0.15) is 11.4 Å². The van der Waals surface area contributed by atoms with Crippen LogP contribution in [0.1, 0.15) is 38.4 Å². The number of furan rings is 1. The van der Waals surface area contributed by atoms with Gasteiger partial charge in [-0.2, -0.15) is 0 Å². The van der Waals surface area contributed by atoms with Crippen LogP contribution in [-0.4, -0.2) is 31.0 Å². The Labute approximate surface area is 175 Å². The highest BCUT2D eigenvalue weighted by Crippen LogP contribution is 2.35. The molecule has 7 nitrogen and oxygen atoms in total. The Morgan fingerprint density at radius 3 is 2.40 bits per heavy atom. The molecule has 0 fully saturated rings. The van der Waals surface area contributed by atoms with E-state index in [0.29, 0.717) is 22.7 Å². The molecule has 30 heavy (non-hydrogen) atoms. The molecule has 0 aliphatic rings. The Balaban J connectivity index is 1.84. The summed E-state index contributed by atoms with van der Waals surface area (Å²) in [4.78, 5) is 11.9. The zero-order valence-electron chi connectivity index (χ0n) is 17.8. The molecule has 2 aromatic carbocycles. The van der Waals surface area contributed by atoms with Crippen molar-refractivity contribution >= 4 is 17.1 Å². The summed E-state index contributed by atoms with van der Waals surface area (Å²) >= 11 is 0. The zero-order chi connectivity index (χ0) is 21.9. The molecule has 1 amide bonds. The topological polar surface area (TPSA) is 90.2 Å². The van der Waals surface area contributed by atoms with Crippen LogP contribution in [0.5, 0.6) is 5.75 Å². The molecule has 0 aliphatic heterocycles. The summed E-state index contributed by atoms with van der Waals surface area (Å²) in [6, 6.07) is 13.2. The highest BCUT2D eigenvalue weighted by Gasteiger charge is 2.17. The molecule has 0 bridgehead atoms. The second-order valence-corrected chi connectivity index (χ2v) is 7.88. The molecule has 1 aromatic heterocycles. The maximum atomic E-state index is 11.9. The first-order valence-electron chi connectivity index (χ1n) is 9.58. The van der Waals surface area contributed by atoms with Crippen LogP contribution in [-0.2, 0) is 16.0 Å². The van der Waals surface area contributed by atoms with Gasteiger partial charge in [0.25, 0.3) is 0 Å². The van der Waals surface area contributed by atoms with E-state index in [1.54, 1.807) is 7.11 Å². The van der Waals surface area contributed by atoms with Gasteiger partial charge in [-0.15, -0.1) is 0 Å². The van der Waals surface area contributed by atoms with Gasteiger partial charge in [0, 0.05) is 18.1 Å². The Morgan fingerprint density at radius 2 is 1.80 bits per heavy atom. The standard InChI is InChI=1S/C23H27NO6/c1-23(2,3)30-22(26)24-13-18-11-17-10-16(12-19(27-4)20(17)29-18)14-6-8-15(9-7-14)21(25)28-5/h6-12,21,25H,13H2,1-5H3,(H,24,26). The minimum atomic E-state index is -0.954. The number of ether oxygens (including phenoxy) is 3. The highest BCUT2D eigenvalue weighted by atomic mass is 16.6. The number of aliphatic hydroxyl groups is 1. The van der Waals surface area contributed by atoms with Crippen molar-refractivity contribution < 1.29 is 28.5 Å². The van der Waals surface area contributed by atoms with Crippen molar-refractivity contribution in [2.24, 2.45) is 0 Å². The molecule has 1 heterocycles. The Kier molecular flexibility index (Phi) is 6.34. The van der Waals surface area contributed by atoms with E-state index in [2.05, 4.69) is 5.32 Å². The monoisotopic (exact) mass is 413 g/mol. The van der Waals surface area contributed by atoms with Gasteiger partial charge in [-0.1, -0.05) is 24.3 Å². The van der Waals surface area contributed by atoms with Gasteiger partial charge in [-0.25, -0.2) is 4.79 Å². The SMILES string of the molecule is COc1cc(-c2ccc(C(O)OC)cc2)cc2cc(CNC(=O)OC(C)(C)C)oc12. The van der Waals surface area contributed by atoms with Gasteiger partial charge in [-0.05, 0) is 50.1 Å². The number of alkyl carbamates (subject to hydrolysis) is 1. The molecule has 0 radical (unpaired) electrons. The fourth-order valence-corrected chi connectivity index (χ4v) is 3.03. The molecular formula is C23H27NO6. The lowest BCUT2D eigenvalue weighted by Gasteiger charge is -2.19. The predicted octanol–water partition coefficient (Wildman–Crippen LogP) is 4.77. The van der Waals surface area contributed by atoms with Crippen LogP contribution in [0.3, 0.4) is 0 Å². The Hall–Kier alpha value is -3.03. The minimum absolute atomic E-state index is 0.200. The number of hydrogen-bond acceptors (Lipinski definition) is 6. The molecule has 3 rings (SSSR count). The van der Waals surface area contributed by atoms with Gasteiger partial charge < -0.3 is 29.1 Å². The average Bonchev–Trinajstić information content (AvgIpc) is 3.13. The average molecular weight is 413 g/mol. The van der Waals surface area contributed by atoms with Crippen molar-refractivity contribution in [3.05, 3.63) is 53.8 Å². The van der Waals surface area contributed by atoms with Crippen molar-refractivity contribution in [1.82, 2.24) is 5.32 Å². The molecule has 0 spiro atoms. The third-order valence-electron chi connectivity index (χ3n) is 4.41. The minimum Gasteiger partial charge on any atom is -0.493 e. The summed E-state index contributed by atoms with van der Waals surface area (Å²) < 4.78 is 21.6. The summed E-state index contributed by atoms with van der Waals surface area (Å²) in [5.41, 5.74) is 2.61. The van der Waals surface area contributed by atoms with E-state index in [1.807, 2.05) is 63.2 Å². The lowest BCUT2D eigenvalue weighted by Crippen LogP contribution is -2.32. The zero-order valence-corrected chi connectivity index (χ0v) is 17.8. The molecule has 0 saturated carbocycles. The summed E-state index contributed by atoms with van der Waals surface area (Å²) in [6.07, 6.45) is -1.46. The number of hydrogen-bond donors (Lipinski definition) is 2. The maximum absolute atomic E-state index is 11.9. The molecule has 2 N–H and O–H groups in total. The van der Waals surface area contributed by atoms with Gasteiger partial charge in [-0.3, -0.25) is 0 Å². The van der Waals surface area contributed by atoms with Crippen molar-refractivity contribution in [3.8, 4) is 16.9 Å². The second kappa shape index (κ2) is 8.77. The second-order valence-electron chi connectivity index (χ2n) is 7.88. The van der Waals surface area contributed by atoms with Crippen molar-refractivity contribution in [1.29, 1.82) is 0 Å². The van der Waals surface area contributed by atoms with Crippen LogP contribution in [0.4, 0.5) is 4.79 Å². The third kappa shape index (κ3) is 5.11. The normalized spacial score (nSPS) is 12.6. The number of aliphatic hydroxyl groups excluding tert-OH is 1. The fourth-order valence-electron chi connectivity index (χ4n) is 3.03. The molecule has 3 aromatic rings. The van der Waals surface area contributed by atoms with Crippen LogP contribution in [0.25, 0.3) is 22.1 Å². The lowest BCUT2D eigenvalue weighted by atomic mass is 10.0. The van der Waals surface area contributed by atoms with Gasteiger partial charge >= 0.3 is 6.09 Å². The number of carbonyl (C=O) groups excluding carboxylic acids is 1. The lowest BCUT2D eigenvalue weighted by molar-refractivity contribution is -0.0769. The molecule has 0 aliphatic carbocycles. The van der Waals surface area contributed by atoms with Crippen LogP contribution in [0, 0.1) is 0 Å². The van der Waals surface area contributed by atoms with E-state index >= 15 is 0 Å². The number of amides is 1. The number of fused-ring (bicyclic) bond motifs is 1. The van der Waals surface area contributed by atoms with E-state index < -0.39 is 18.0 Å². The van der Waals surface area contributed by atoms with Crippen LogP contribution in [0.15, 0.2) is 46.9 Å². The number of methoxy groups -OCH3 is 2. The third-order valence-corrected chi connectivity index (χ3v) is 4.41. The Bertz CT molecular complexity index is 1020. The number of rotatable bonds is 6. The number of nitrogens with one attached hydrogen (secondary N) is 1. The number of benzene rings is 2. The molecule has 160 valence electrons. The van der Waals surface area contributed by atoms with Gasteiger partial charge in [0.05, 0.1) is 13.7 Å². The van der Waals surface area contributed by atoms with Crippen molar-refractivity contribution in [3.63, 3.8) is 0 Å². The van der Waals surface area contributed by atoms with E-state index in [4.69, 9.17) is 18.6 Å². The molecular weight excluding hydrogens is 386 g/mol. The first-order chi connectivity index (χ1) is 14.2. The molecule has 0 saturated heterocycles. The van der Waals surface area contributed by atoms with E-state index in [0.717, 1.165) is 16.5 Å². The highest BCUT2D eigenvalue weighted by molar-refractivity contribution is 5.89. The summed E-state index contributed by atoms with van der Waals surface area (Å²) in [6.45, 7) is 5.62.